The lowest BCUT2D eigenvalue weighted by Crippen LogP contribution is -2.57. The van der Waals surface area contributed by atoms with Crippen molar-refractivity contribution in [1.82, 2.24) is 18.8 Å². The van der Waals surface area contributed by atoms with Gasteiger partial charge in [0.05, 0.1) is 12.2 Å². The summed E-state index contributed by atoms with van der Waals surface area (Å²) in [5.41, 5.74) is 0.00115. The average Bonchev–Trinajstić information content (AvgIpc) is 2.87. The number of aromatic nitrogens is 4. The molecule has 4 rings (SSSR count). The summed E-state index contributed by atoms with van der Waals surface area (Å²) in [6.07, 6.45) is 1.52. The van der Waals surface area contributed by atoms with Crippen molar-refractivity contribution in [2.45, 2.75) is 26.9 Å². The number of pyridine rings is 1. The lowest BCUT2D eigenvalue weighted by molar-refractivity contribution is -0.114. The maximum Gasteiger partial charge on any atom is 0.353 e. The number of hydrogen-bond donors (Lipinski definition) is 2. The van der Waals surface area contributed by atoms with Gasteiger partial charge in [0.15, 0.2) is 0 Å². The number of nitrogen functional groups attached to an aromatic ring is 1. The summed E-state index contributed by atoms with van der Waals surface area (Å²) < 4.78 is 9.05. The molecule has 0 radical (unpaired) electrons. The second-order valence-corrected chi connectivity index (χ2v) is 8.39. The molecule has 2 heterocycles. The number of nitrogens with zero attached hydrogens (tertiary/aromatic N) is 5. The lowest BCUT2D eigenvalue weighted by atomic mass is 10.2. The summed E-state index contributed by atoms with van der Waals surface area (Å²) in [7, 11) is 0. The van der Waals surface area contributed by atoms with Gasteiger partial charge in [-0.15, -0.1) is 0 Å². The van der Waals surface area contributed by atoms with Crippen LogP contribution in [0.4, 0.5) is 11.5 Å². The van der Waals surface area contributed by atoms with Crippen LogP contribution in [0, 0.1) is 0 Å². The van der Waals surface area contributed by atoms with Crippen LogP contribution in [0.3, 0.4) is 0 Å². The van der Waals surface area contributed by atoms with Gasteiger partial charge in [-0.05, 0) is 55.0 Å². The number of carbonyl (C=O) groups excluding carboxylic acids is 1. The number of ether oxygens (including phenoxy) is 1. The molecule has 0 saturated carbocycles. The Morgan fingerprint density at radius 1 is 1.03 bits per heavy atom. The first-order valence-corrected chi connectivity index (χ1v) is 11.7. The zero-order valence-corrected chi connectivity index (χ0v) is 20.8. The Balaban J connectivity index is 1.70. The molecule has 0 saturated heterocycles. The van der Waals surface area contributed by atoms with Crippen molar-refractivity contribution in [2.24, 2.45) is 4.99 Å². The molecule has 37 heavy (non-hydrogen) atoms. The number of benzene rings is 2. The molecule has 11 nitrogen and oxygen atoms in total. The Hall–Kier alpha value is -4.64. The van der Waals surface area contributed by atoms with Crippen molar-refractivity contribution >= 4 is 29.0 Å². The average molecular weight is 522 g/mol. The molecule has 12 heteroatoms. The third-order valence-corrected chi connectivity index (χ3v) is 5.51. The number of anilines is 1. The van der Waals surface area contributed by atoms with Gasteiger partial charge in [0.1, 0.15) is 17.3 Å². The molecule has 0 aliphatic heterocycles. The van der Waals surface area contributed by atoms with E-state index in [2.05, 4.69) is 15.3 Å². The molecule has 0 aliphatic carbocycles. The van der Waals surface area contributed by atoms with Crippen LogP contribution in [-0.2, 0) is 17.9 Å². The quantitative estimate of drug-likeness (QED) is 0.358. The minimum atomic E-state index is -0.675. The Morgan fingerprint density at radius 2 is 1.73 bits per heavy atom. The molecule has 1 amide bonds. The fraction of sp³-hybridized carbons (Fsp3) is 0.160. The molecule has 4 aromatic rings. The maximum absolute atomic E-state index is 13.1. The summed E-state index contributed by atoms with van der Waals surface area (Å²) in [6.45, 7) is 3.36. The first-order chi connectivity index (χ1) is 17.7. The predicted octanol–water partition coefficient (Wildman–Crippen LogP) is 2.62. The fourth-order valence-electron chi connectivity index (χ4n) is 3.52. The second-order valence-electron chi connectivity index (χ2n) is 7.96. The van der Waals surface area contributed by atoms with Gasteiger partial charge in [-0.1, -0.05) is 23.7 Å². The topological polar surface area (TPSA) is 139 Å². The number of halogens is 1. The Bertz CT molecular complexity index is 1620. The van der Waals surface area contributed by atoms with Crippen molar-refractivity contribution in [3.05, 3.63) is 104 Å². The summed E-state index contributed by atoms with van der Waals surface area (Å²) in [5.74, 6) is 7.18. The van der Waals surface area contributed by atoms with Gasteiger partial charge >= 0.3 is 11.4 Å². The Morgan fingerprint density at radius 3 is 2.38 bits per heavy atom. The highest BCUT2D eigenvalue weighted by Crippen LogP contribution is 2.25. The molecule has 2 aromatic carbocycles. The maximum atomic E-state index is 13.1. The third kappa shape index (κ3) is 5.96. The number of hydrogen-bond acceptors (Lipinski definition) is 7. The van der Waals surface area contributed by atoms with Crippen LogP contribution in [0.15, 0.2) is 81.4 Å². The van der Waals surface area contributed by atoms with Gasteiger partial charge in [0, 0.05) is 30.8 Å². The number of rotatable bonds is 7. The van der Waals surface area contributed by atoms with E-state index in [0.717, 1.165) is 14.8 Å². The van der Waals surface area contributed by atoms with Crippen LogP contribution in [0.5, 0.6) is 11.5 Å². The molecule has 0 aliphatic rings. The lowest BCUT2D eigenvalue weighted by Gasteiger charge is -2.13. The van der Waals surface area contributed by atoms with E-state index >= 15 is 0 Å². The van der Waals surface area contributed by atoms with E-state index in [-0.39, 0.29) is 24.6 Å². The third-order valence-electron chi connectivity index (χ3n) is 5.26. The van der Waals surface area contributed by atoms with E-state index in [1.807, 2.05) is 0 Å². The van der Waals surface area contributed by atoms with Crippen molar-refractivity contribution in [3.63, 3.8) is 0 Å². The van der Waals surface area contributed by atoms with Crippen LogP contribution in [0.1, 0.15) is 19.4 Å². The van der Waals surface area contributed by atoms with E-state index in [1.165, 1.54) is 17.7 Å². The normalized spacial score (nSPS) is 11.4. The van der Waals surface area contributed by atoms with E-state index in [4.69, 9.17) is 22.2 Å². The molecule has 0 spiro atoms. The van der Waals surface area contributed by atoms with Crippen LogP contribution in [-0.4, -0.2) is 24.7 Å². The monoisotopic (exact) mass is 521 g/mol. The SMILES string of the molecule is CCn1c(=O)n(N)c(=Nc2ccc(Oc3ccnc(NC(C)=O)c3)cc2)n(Cc2ccc(Cl)cc2)c1=O. The standard InChI is InChI=1S/C25H24ClN7O4/c1-3-31-24(35)32(15-17-4-6-18(26)7-5-17)23(33(27)25(31)36)30-19-8-10-20(11-9-19)37-21-12-13-28-22(14-21)29-16(2)34/h4-14H,3,15,27H2,1-2H3,(H,28,29,34). The largest absolute Gasteiger partial charge is 0.457 e. The summed E-state index contributed by atoms with van der Waals surface area (Å²) in [5, 5.41) is 3.16. The summed E-state index contributed by atoms with van der Waals surface area (Å²) >= 11 is 5.98. The smallest absolute Gasteiger partial charge is 0.353 e. The predicted molar refractivity (Wildman–Crippen MR) is 140 cm³/mol. The van der Waals surface area contributed by atoms with Crippen LogP contribution in [0.25, 0.3) is 0 Å². The number of amides is 1. The number of nitrogens with two attached hydrogens (primary N) is 1. The molecule has 0 fully saturated rings. The molecule has 0 unspecified atom stereocenters. The minimum absolute atomic E-state index is 0.0163. The van der Waals surface area contributed by atoms with Crippen molar-refractivity contribution in [3.8, 4) is 11.5 Å². The Kier molecular flexibility index (Phi) is 7.54. The highest BCUT2D eigenvalue weighted by Gasteiger charge is 2.13. The van der Waals surface area contributed by atoms with Crippen molar-refractivity contribution < 1.29 is 9.53 Å². The zero-order chi connectivity index (χ0) is 26.5. The van der Waals surface area contributed by atoms with E-state index < -0.39 is 11.4 Å². The van der Waals surface area contributed by atoms with Crippen molar-refractivity contribution in [1.29, 1.82) is 0 Å². The van der Waals surface area contributed by atoms with Gasteiger partial charge in [0.2, 0.25) is 11.5 Å². The molecular weight excluding hydrogens is 498 g/mol. The molecule has 3 N–H and O–H groups in total. The number of nitrogens with one attached hydrogen (secondary N) is 1. The van der Waals surface area contributed by atoms with Gasteiger partial charge in [-0.25, -0.2) is 24.1 Å². The molecule has 190 valence electrons. The van der Waals surface area contributed by atoms with Gasteiger partial charge in [-0.2, -0.15) is 4.68 Å². The second kappa shape index (κ2) is 11.0. The fourth-order valence-corrected chi connectivity index (χ4v) is 3.64. The highest BCUT2D eigenvalue weighted by atomic mass is 35.5. The van der Waals surface area contributed by atoms with Gasteiger partial charge in [-0.3, -0.25) is 9.36 Å². The number of carbonyl (C=O) groups is 1. The van der Waals surface area contributed by atoms with Crippen LogP contribution < -0.4 is 32.9 Å². The van der Waals surface area contributed by atoms with E-state index in [0.29, 0.717) is 28.0 Å². The molecule has 0 atom stereocenters. The van der Waals surface area contributed by atoms with E-state index in [1.54, 1.807) is 67.6 Å². The molecule has 0 bridgehead atoms. The van der Waals surface area contributed by atoms with Crippen molar-refractivity contribution in [2.75, 3.05) is 11.2 Å². The Labute approximate surface area is 216 Å². The zero-order valence-electron chi connectivity index (χ0n) is 20.1. The summed E-state index contributed by atoms with van der Waals surface area (Å²) in [4.78, 5) is 45.6. The molecule has 2 aromatic heterocycles. The first-order valence-electron chi connectivity index (χ1n) is 11.3. The van der Waals surface area contributed by atoms with Gasteiger partial charge < -0.3 is 15.9 Å². The summed E-state index contributed by atoms with van der Waals surface area (Å²) in [6, 6.07) is 16.9. The van der Waals surface area contributed by atoms with Crippen LogP contribution in [0.2, 0.25) is 5.02 Å². The van der Waals surface area contributed by atoms with E-state index in [9.17, 15) is 14.4 Å². The van der Waals surface area contributed by atoms with Gasteiger partial charge in [0.25, 0.3) is 0 Å². The highest BCUT2D eigenvalue weighted by molar-refractivity contribution is 6.30. The molecular formula is C25H24ClN7O4. The minimum Gasteiger partial charge on any atom is -0.457 e. The van der Waals surface area contributed by atoms with Crippen LogP contribution >= 0.6 is 11.6 Å². The first kappa shape index (κ1) is 25.5.